The Balaban J connectivity index is 1.39. The van der Waals surface area contributed by atoms with Gasteiger partial charge in [-0.2, -0.15) is 0 Å². The van der Waals surface area contributed by atoms with Crippen molar-refractivity contribution in [3.63, 3.8) is 0 Å². The molecule has 29 heavy (non-hydrogen) atoms. The highest BCUT2D eigenvalue weighted by atomic mass is 16.3. The number of fused-ring (bicyclic) bond motifs is 2. The van der Waals surface area contributed by atoms with Crippen molar-refractivity contribution < 1.29 is 14.0 Å². The summed E-state index contributed by atoms with van der Waals surface area (Å²) in [5.74, 6) is 3.50. The first-order valence-electron chi connectivity index (χ1n) is 10.6. The van der Waals surface area contributed by atoms with Gasteiger partial charge in [-0.25, -0.2) is 0 Å². The second-order valence-electron chi connectivity index (χ2n) is 8.37. The summed E-state index contributed by atoms with van der Waals surface area (Å²) < 4.78 is 8.01. The molecule has 1 atom stereocenters. The molecular weight excluding hydrogens is 370 g/mol. The molecule has 0 N–H and O–H groups in total. The van der Waals surface area contributed by atoms with Gasteiger partial charge in [0.1, 0.15) is 11.5 Å². The number of carbonyl (C=O) groups is 2. The van der Waals surface area contributed by atoms with Crippen molar-refractivity contribution in [2.75, 3.05) is 13.1 Å². The molecule has 1 fully saturated rings. The first-order chi connectivity index (χ1) is 14.0. The van der Waals surface area contributed by atoms with Crippen LogP contribution in [0.5, 0.6) is 0 Å². The number of aryl methyl sites for hydroxylation is 2. The quantitative estimate of drug-likeness (QED) is 0.777. The Labute approximate surface area is 169 Å². The molecule has 0 aromatic carbocycles. The zero-order valence-corrected chi connectivity index (χ0v) is 17.1. The van der Waals surface area contributed by atoms with E-state index < -0.39 is 0 Å². The summed E-state index contributed by atoms with van der Waals surface area (Å²) in [6.07, 6.45) is 5.99. The summed E-state index contributed by atoms with van der Waals surface area (Å²) in [5, 5.41) is 8.80. The van der Waals surface area contributed by atoms with E-state index in [1.54, 1.807) is 6.92 Å². The van der Waals surface area contributed by atoms with Crippen LogP contribution in [0.3, 0.4) is 0 Å². The zero-order chi connectivity index (χ0) is 20.1. The highest BCUT2D eigenvalue weighted by Gasteiger charge is 2.35. The zero-order valence-electron chi connectivity index (χ0n) is 17.1. The van der Waals surface area contributed by atoms with Crippen molar-refractivity contribution >= 4 is 11.8 Å². The van der Waals surface area contributed by atoms with E-state index in [1.807, 2.05) is 16.7 Å². The maximum Gasteiger partial charge on any atom is 0.258 e. The minimum absolute atomic E-state index is 0.000797. The van der Waals surface area contributed by atoms with E-state index in [2.05, 4.69) is 14.8 Å². The number of hydrogen-bond acceptors (Lipinski definition) is 5. The lowest BCUT2D eigenvalue weighted by atomic mass is 9.94. The summed E-state index contributed by atoms with van der Waals surface area (Å²) in [6.45, 7) is 6.00. The van der Waals surface area contributed by atoms with Gasteiger partial charge in [0, 0.05) is 38.5 Å². The number of aromatic nitrogens is 3. The Morgan fingerprint density at radius 1 is 1.07 bits per heavy atom. The summed E-state index contributed by atoms with van der Waals surface area (Å²) in [6, 6.07) is -0.000797. The standard InChI is InChI=1S/C21H27N5O3/c1-13-19(15-6-3-4-8-17(15)29-13)21(28)24-10-11-26-18(12-24)22-23-20(26)16-7-5-9-25(16)14(2)27/h16H,3-12H2,1-2H3/t16-/m0/s1. The lowest BCUT2D eigenvalue weighted by Gasteiger charge is -2.30. The number of likely N-dealkylation sites (tertiary alicyclic amines) is 1. The summed E-state index contributed by atoms with van der Waals surface area (Å²) >= 11 is 0. The minimum atomic E-state index is -0.000797. The second-order valence-corrected chi connectivity index (χ2v) is 8.37. The van der Waals surface area contributed by atoms with Crippen LogP contribution < -0.4 is 0 Å². The number of rotatable bonds is 2. The minimum Gasteiger partial charge on any atom is -0.465 e. The largest absolute Gasteiger partial charge is 0.465 e. The maximum atomic E-state index is 13.3. The molecule has 2 aliphatic heterocycles. The maximum absolute atomic E-state index is 13.3. The third-order valence-electron chi connectivity index (χ3n) is 6.59. The van der Waals surface area contributed by atoms with Crippen molar-refractivity contribution in [2.45, 2.75) is 71.5 Å². The number of hydrogen-bond donors (Lipinski definition) is 0. The topological polar surface area (TPSA) is 84.5 Å². The number of amides is 2. The molecule has 0 radical (unpaired) electrons. The van der Waals surface area contributed by atoms with Gasteiger partial charge in [0.15, 0.2) is 11.6 Å². The van der Waals surface area contributed by atoms with Crippen LogP contribution in [-0.4, -0.2) is 49.5 Å². The molecule has 2 amide bonds. The molecule has 0 bridgehead atoms. The van der Waals surface area contributed by atoms with Gasteiger partial charge in [0.25, 0.3) is 5.91 Å². The van der Waals surface area contributed by atoms with Crippen molar-refractivity contribution in [3.8, 4) is 0 Å². The fraction of sp³-hybridized carbons (Fsp3) is 0.619. The van der Waals surface area contributed by atoms with Crippen LogP contribution in [0.2, 0.25) is 0 Å². The van der Waals surface area contributed by atoms with E-state index in [4.69, 9.17) is 4.42 Å². The van der Waals surface area contributed by atoms with E-state index in [0.717, 1.165) is 79.4 Å². The molecule has 0 unspecified atom stereocenters. The third-order valence-corrected chi connectivity index (χ3v) is 6.59. The lowest BCUT2D eigenvalue weighted by Crippen LogP contribution is -2.40. The highest BCUT2D eigenvalue weighted by molar-refractivity contribution is 5.97. The van der Waals surface area contributed by atoms with Crippen molar-refractivity contribution in [1.82, 2.24) is 24.6 Å². The Morgan fingerprint density at radius 3 is 2.72 bits per heavy atom. The monoisotopic (exact) mass is 397 g/mol. The van der Waals surface area contributed by atoms with Crippen molar-refractivity contribution in [2.24, 2.45) is 0 Å². The number of carbonyl (C=O) groups excluding carboxylic acids is 2. The Morgan fingerprint density at radius 2 is 1.90 bits per heavy atom. The van der Waals surface area contributed by atoms with Gasteiger partial charge >= 0.3 is 0 Å². The van der Waals surface area contributed by atoms with Gasteiger partial charge in [0.2, 0.25) is 5.91 Å². The van der Waals surface area contributed by atoms with Gasteiger partial charge < -0.3 is 18.8 Å². The van der Waals surface area contributed by atoms with Gasteiger partial charge in [-0.1, -0.05) is 0 Å². The molecule has 8 nitrogen and oxygen atoms in total. The average molecular weight is 397 g/mol. The molecule has 5 rings (SSSR count). The second kappa shape index (κ2) is 7.00. The first kappa shape index (κ1) is 18.4. The molecule has 4 heterocycles. The van der Waals surface area contributed by atoms with Crippen molar-refractivity contribution in [3.05, 3.63) is 34.3 Å². The van der Waals surface area contributed by atoms with Crippen molar-refractivity contribution in [1.29, 1.82) is 0 Å². The first-order valence-corrected chi connectivity index (χ1v) is 10.6. The molecule has 8 heteroatoms. The normalized spacial score (nSPS) is 21.2. The number of nitrogens with zero attached hydrogens (tertiary/aromatic N) is 5. The molecule has 1 saturated heterocycles. The van der Waals surface area contributed by atoms with Crippen LogP contribution in [0, 0.1) is 6.92 Å². The van der Waals surface area contributed by atoms with E-state index >= 15 is 0 Å². The average Bonchev–Trinajstić information content (AvgIpc) is 3.42. The molecule has 3 aliphatic rings. The van der Waals surface area contributed by atoms with Crippen LogP contribution in [0.4, 0.5) is 0 Å². The van der Waals surface area contributed by atoms with Crippen LogP contribution >= 0.6 is 0 Å². The van der Waals surface area contributed by atoms with Gasteiger partial charge in [0.05, 0.1) is 18.2 Å². The van der Waals surface area contributed by atoms with Crippen LogP contribution in [0.15, 0.2) is 4.42 Å². The van der Waals surface area contributed by atoms with E-state index in [-0.39, 0.29) is 17.9 Å². The van der Waals surface area contributed by atoms with Crippen LogP contribution in [0.1, 0.15) is 77.7 Å². The number of furan rings is 1. The molecule has 2 aromatic heterocycles. The lowest BCUT2D eigenvalue weighted by molar-refractivity contribution is -0.129. The van der Waals surface area contributed by atoms with E-state index in [0.29, 0.717) is 19.6 Å². The summed E-state index contributed by atoms with van der Waals surface area (Å²) in [7, 11) is 0. The molecule has 1 aliphatic carbocycles. The molecule has 0 spiro atoms. The Hall–Kier alpha value is -2.64. The molecule has 0 saturated carbocycles. The van der Waals surface area contributed by atoms with Gasteiger partial charge in [-0.3, -0.25) is 9.59 Å². The SMILES string of the molecule is CC(=O)N1CCC[C@H]1c1nnc2n1CCN(C(=O)c1c(C)oc3c1CCCC3)C2. The van der Waals surface area contributed by atoms with Crippen LogP contribution in [-0.2, 0) is 30.7 Å². The predicted octanol–water partition coefficient (Wildman–Crippen LogP) is 2.40. The van der Waals surface area contributed by atoms with Gasteiger partial charge in [-0.05, 0) is 39.0 Å². The molecule has 154 valence electrons. The van der Waals surface area contributed by atoms with Crippen LogP contribution in [0.25, 0.3) is 0 Å². The highest BCUT2D eigenvalue weighted by Crippen LogP contribution is 2.33. The van der Waals surface area contributed by atoms with E-state index in [1.165, 1.54) is 0 Å². The summed E-state index contributed by atoms with van der Waals surface area (Å²) in [4.78, 5) is 29.0. The third kappa shape index (κ3) is 2.96. The predicted molar refractivity (Wildman–Crippen MR) is 104 cm³/mol. The Kier molecular flexibility index (Phi) is 4.44. The summed E-state index contributed by atoms with van der Waals surface area (Å²) in [5.41, 5.74) is 1.86. The van der Waals surface area contributed by atoms with E-state index in [9.17, 15) is 9.59 Å². The fourth-order valence-electron chi connectivity index (χ4n) is 5.15. The fourth-order valence-corrected chi connectivity index (χ4v) is 5.15. The molecular formula is C21H27N5O3. The smallest absolute Gasteiger partial charge is 0.258 e. The molecule has 2 aromatic rings. The van der Waals surface area contributed by atoms with Gasteiger partial charge in [-0.15, -0.1) is 10.2 Å². The Bertz CT molecular complexity index is 975.